The highest BCUT2D eigenvalue weighted by Crippen LogP contribution is 2.48. The second-order valence-corrected chi connectivity index (χ2v) is 9.25. The van der Waals surface area contributed by atoms with Gasteiger partial charge in [-0.1, -0.05) is 0 Å². The molecule has 8 nitrogen and oxygen atoms in total. The van der Waals surface area contributed by atoms with Crippen LogP contribution >= 0.6 is 0 Å². The fraction of sp³-hybridized carbons (Fsp3) is 0.545. The number of nitrogens with one attached hydrogen (secondary N) is 1. The number of halogens is 3. The molecule has 2 aromatic rings. The second-order valence-electron chi connectivity index (χ2n) is 9.25. The van der Waals surface area contributed by atoms with Crippen molar-refractivity contribution in [2.45, 2.75) is 44.6 Å². The zero-order chi connectivity index (χ0) is 23.5. The van der Waals surface area contributed by atoms with Gasteiger partial charge < -0.3 is 15.0 Å². The molecule has 176 valence electrons. The molecule has 1 saturated carbocycles. The van der Waals surface area contributed by atoms with E-state index < -0.39 is 36.1 Å². The van der Waals surface area contributed by atoms with Gasteiger partial charge >= 0.3 is 6.18 Å². The number of Topliss-reactive ketones (excluding diaryl/α,β-unsaturated/α-hetero) is 1. The lowest BCUT2D eigenvalue weighted by atomic mass is 10.00. The molecule has 0 radical (unpaired) electrons. The van der Waals surface area contributed by atoms with Crippen LogP contribution in [-0.4, -0.2) is 57.8 Å². The van der Waals surface area contributed by atoms with Crippen molar-refractivity contribution < 1.29 is 22.7 Å². The molecular weight excluding hydrogens is 439 g/mol. The maximum atomic E-state index is 14.2. The molecule has 4 atom stereocenters. The van der Waals surface area contributed by atoms with Gasteiger partial charge in [-0.2, -0.15) is 18.2 Å². The van der Waals surface area contributed by atoms with E-state index in [0.717, 1.165) is 22.8 Å². The van der Waals surface area contributed by atoms with Crippen LogP contribution in [0.4, 0.5) is 24.9 Å². The summed E-state index contributed by atoms with van der Waals surface area (Å²) in [6.07, 6.45) is -2.25. The van der Waals surface area contributed by atoms with Crippen LogP contribution in [0.25, 0.3) is 0 Å². The van der Waals surface area contributed by atoms with Gasteiger partial charge in [-0.25, -0.2) is 0 Å². The van der Waals surface area contributed by atoms with Crippen molar-refractivity contribution in [1.82, 2.24) is 14.5 Å². The molecule has 33 heavy (non-hydrogen) atoms. The van der Waals surface area contributed by atoms with Crippen molar-refractivity contribution in [3.8, 4) is 0 Å². The molecule has 0 spiro atoms. The zero-order valence-corrected chi connectivity index (χ0v) is 18.2. The Morgan fingerprint density at radius 2 is 2.15 bits per heavy atom. The predicted octanol–water partition coefficient (Wildman–Crippen LogP) is 2.42. The number of anilines is 2. The van der Waals surface area contributed by atoms with Crippen LogP contribution < -0.4 is 15.8 Å². The molecule has 11 heteroatoms. The van der Waals surface area contributed by atoms with Crippen LogP contribution in [0.15, 0.2) is 29.2 Å². The number of carbonyl (C=O) groups excluding carboxylic acids is 1. The number of carbonyl (C=O) groups is 1. The first-order chi connectivity index (χ1) is 15.6. The van der Waals surface area contributed by atoms with Gasteiger partial charge in [-0.05, 0) is 44.2 Å². The molecule has 2 fully saturated rings. The van der Waals surface area contributed by atoms with Crippen LogP contribution in [0, 0.1) is 18.8 Å². The van der Waals surface area contributed by atoms with E-state index >= 15 is 0 Å². The third-order valence-electron chi connectivity index (χ3n) is 6.90. The van der Waals surface area contributed by atoms with Gasteiger partial charge in [0, 0.05) is 30.1 Å². The topological polar surface area (TPSA) is 89.4 Å². The van der Waals surface area contributed by atoms with Gasteiger partial charge in [-0.15, -0.1) is 0 Å². The Morgan fingerprint density at radius 1 is 1.36 bits per heavy atom. The smallest absolute Gasteiger partial charge is 0.376 e. The molecule has 0 amide bonds. The predicted molar refractivity (Wildman–Crippen MR) is 113 cm³/mol. The summed E-state index contributed by atoms with van der Waals surface area (Å²) in [4.78, 5) is 34.8. The molecule has 4 heterocycles. The lowest BCUT2D eigenvalue weighted by molar-refractivity contribution is -0.181. The number of ether oxygens (including phenoxy) is 1. The number of alkyl halides is 3. The summed E-state index contributed by atoms with van der Waals surface area (Å²) in [5.74, 6) is 0.507. The number of rotatable bonds is 6. The Kier molecular flexibility index (Phi) is 5.00. The summed E-state index contributed by atoms with van der Waals surface area (Å²) >= 11 is 0. The maximum absolute atomic E-state index is 14.2. The average molecular weight is 463 g/mol. The molecule has 1 saturated heterocycles. The summed E-state index contributed by atoms with van der Waals surface area (Å²) in [6, 6.07) is 4.33. The highest BCUT2D eigenvalue weighted by Gasteiger charge is 2.60. The van der Waals surface area contributed by atoms with E-state index in [9.17, 15) is 22.8 Å². The van der Waals surface area contributed by atoms with Crippen LogP contribution in [-0.2, 0) is 11.3 Å². The lowest BCUT2D eigenvalue weighted by Crippen LogP contribution is -2.57. The zero-order valence-electron chi connectivity index (χ0n) is 18.2. The second kappa shape index (κ2) is 7.54. The SMILES string of the molecule is Cc1ccc(C(=O)CN2c3nc(NC[C@H]4OC[C@@H]5CC54)cc(=O)n3C[C@@]2(C)C(F)(F)F)cn1. The van der Waals surface area contributed by atoms with E-state index in [-0.39, 0.29) is 23.4 Å². The first-order valence-electron chi connectivity index (χ1n) is 10.8. The number of aryl methyl sites for hydroxylation is 1. The number of fused-ring (bicyclic) bond motifs is 2. The first kappa shape index (κ1) is 21.9. The van der Waals surface area contributed by atoms with Crippen molar-refractivity contribution in [2.24, 2.45) is 11.8 Å². The minimum absolute atomic E-state index is 0.0000289. The normalized spacial score (nSPS) is 27.9. The minimum atomic E-state index is -4.70. The van der Waals surface area contributed by atoms with E-state index in [0.29, 0.717) is 30.7 Å². The molecule has 3 aliphatic rings. The number of hydrogen-bond donors (Lipinski definition) is 1. The van der Waals surface area contributed by atoms with E-state index in [2.05, 4.69) is 15.3 Å². The summed E-state index contributed by atoms with van der Waals surface area (Å²) in [5.41, 5.74) is -2.20. The minimum Gasteiger partial charge on any atom is -0.376 e. The Hall–Kier alpha value is -2.95. The quantitative estimate of drug-likeness (QED) is 0.658. The average Bonchev–Trinajstić information content (AvgIpc) is 3.33. The largest absolute Gasteiger partial charge is 0.413 e. The fourth-order valence-corrected chi connectivity index (χ4v) is 4.61. The molecule has 2 aromatic heterocycles. The van der Waals surface area contributed by atoms with Crippen molar-refractivity contribution in [2.75, 3.05) is 29.9 Å². The molecule has 0 aromatic carbocycles. The molecular formula is C22H24F3N5O3. The van der Waals surface area contributed by atoms with Gasteiger partial charge in [0.25, 0.3) is 5.56 Å². The summed E-state index contributed by atoms with van der Waals surface area (Å²) < 4.78 is 49.1. The summed E-state index contributed by atoms with van der Waals surface area (Å²) in [7, 11) is 0. The van der Waals surface area contributed by atoms with E-state index in [4.69, 9.17) is 4.74 Å². The maximum Gasteiger partial charge on any atom is 0.413 e. The van der Waals surface area contributed by atoms with E-state index in [1.807, 2.05) is 0 Å². The van der Waals surface area contributed by atoms with Crippen molar-refractivity contribution in [3.63, 3.8) is 0 Å². The number of aromatic nitrogens is 3. The van der Waals surface area contributed by atoms with Gasteiger partial charge in [-0.3, -0.25) is 19.1 Å². The van der Waals surface area contributed by atoms with Crippen LogP contribution in [0.3, 0.4) is 0 Å². The molecule has 1 unspecified atom stereocenters. The van der Waals surface area contributed by atoms with Crippen molar-refractivity contribution in [1.29, 1.82) is 0 Å². The van der Waals surface area contributed by atoms with Crippen molar-refractivity contribution in [3.05, 3.63) is 46.0 Å². The monoisotopic (exact) mass is 463 g/mol. The van der Waals surface area contributed by atoms with E-state index in [1.165, 1.54) is 18.3 Å². The summed E-state index contributed by atoms with van der Waals surface area (Å²) in [6.45, 7) is 2.62. The Balaban J connectivity index is 1.45. The molecule has 1 aliphatic carbocycles. The number of pyridine rings is 1. The third kappa shape index (κ3) is 3.77. The highest BCUT2D eigenvalue weighted by atomic mass is 19.4. The van der Waals surface area contributed by atoms with Gasteiger partial charge in [0.1, 0.15) is 5.82 Å². The number of nitrogens with zero attached hydrogens (tertiary/aromatic N) is 4. The van der Waals surface area contributed by atoms with E-state index in [1.54, 1.807) is 13.0 Å². The Labute approximate surface area is 187 Å². The molecule has 1 N–H and O–H groups in total. The molecule has 2 aliphatic heterocycles. The standard InChI is InChI=1S/C22H24F3N5O3/c1-12-3-4-13(7-26-12)16(31)9-30-20-28-18(27-8-17-15-5-14(15)10-33-17)6-19(32)29(20)11-21(30,2)22(23,24)25/h3-4,6-7,14-15,17,27H,5,8-11H2,1-2H3/t14-,15?,17+,21-/m0/s1. The van der Waals surface area contributed by atoms with Gasteiger partial charge in [0.05, 0.1) is 25.8 Å². The van der Waals surface area contributed by atoms with Crippen LogP contribution in [0.5, 0.6) is 0 Å². The number of hydrogen-bond acceptors (Lipinski definition) is 7. The highest BCUT2D eigenvalue weighted by molar-refractivity contribution is 5.99. The van der Waals surface area contributed by atoms with Gasteiger partial charge in [0.2, 0.25) is 5.95 Å². The van der Waals surface area contributed by atoms with Crippen LogP contribution in [0.1, 0.15) is 29.4 Å². The summed E-state index contributed by atoms with van der Waals surface area (Å²) in [5, 5.41) is 3.04. The van der Waals surface area contributed by atoms with Crippen molar-refractivity contribution >= 4 is 17.5 Å². The fourth-order valence-electron chi connectivity index (χ4n) is 4.61. The first-order valence-corrected chi connectivity index (χ1v) is 10.8. The lowest BCUT2D eigenvalue weighted by Gasteiger charge is -2.36. The van der Waals surface area contributed by atoms with Gasteiger partial charge in [0.15, 0.2) is 11.3 Å². The molecule has 5 rings (SSSR count). The Bertz CT molecular complexity index is 1150. The number of ketones is 1. The van der Waals surface area contributed by atoms with Crippen LogP contribution in [0.2, 0.25) is 0 Å². The third-order valence-corrected chi connectivity index (χ3v) is 6.90. The Morgan fingerprint density at radius 3 is 2.76 bits per heavy atom. The molecule has 0 bridgehead atoms.